The van der Waals surface area contributed by atoms with E-state index in [9.17, 15) is 39.8 Å². The highest BCUT2D eigenvalue weighted by atomic mass is 35.5. The zero-order valence-electron chi connectivity index (χ0n) is 39.5. The molecule has 5 atom stereocenters. The highest BCUT2D eigenvalue weighted by Gasteiger charge is 2.64. The summed E-state index contributed by atoms with van der Waals surface area (Å²) in [5, 5.41) is 50.0. The Morgan fingerprint density at radius 2 is 1.62 bits per heavy atom. The van der Waals surface area contributed by atoms with Crippen molar-refractivity contribution in [1.29, 1.82) is 5.26 Å². The van der Waals surface area contributed by atoms with Gasteiger partial charge >= 0.3 is 0 Å². The molecule has 16 nitrogen and oxygen atoms in total. The summed E-state index contributed by atoms with van der Waals surface area (Å²) in [5.74, 6) is -1.05. The number of aliphatic hydroxyl groups is 3. The molecule has 2 heterocycles. The Labute approximate surface area is 406 Å². The number of aliphatic hydroxyl groups excluding tert-OH is 3. The van der Waals surface area contributed by atoms with Crippen LogP contribution in [0.2, 0.25) is 5.02 Å². The standard InChI is InChI=1S/C50H61ClN6O10S/c1-28-41(68-27-54-28)30-11-9-29(10-12-30)22-53-44(63)37-19-33(58)23-57(37)45(64)42(48(2,3)4)55-40(61)26-65-24-38(59)39(60)25-66-34-16-13-31(14-17-34)43(62)56-46-49(5,6)47(50(46,7)8)67-35-18-15-32(21-52)36(51)20-35/h9-18,20,27,33,37-39,42,46-47,58-60H,19,22-26H2,1-8H3,(H,53,63)(H,55,61)(H,56,62)/t33-,37+,38-,39?,42-,46?,47?/m1/s1. The second-order valence-electron chi connectivity index (χ2n) is 19.7. The van der Waals surface area contributed by atoms with Crippen LogP contribution in [0.25, 0.3) is 10.4 Å². The van der Waals surface area contributed by atoms with Crippen LogP contribution < -0.4 is 25.4 Å². The molecule has 3 aromatic carbocycles. The first-order valence-electron chi connectivity index (χ1n) is 22.4. The Morgan fingerprint density at radius 1 is 0.971 bits per heavy atom. The fourth-order valence-electron chi connectivity index (χ4n) is 9.17. The highest BCUT2D eigenvalue weighted by molar-refractivity contribution is 7.13. The molecule has 18 heteroatoms. The van der Waals surface area contributed by atoms with E-state index in [0.717, 1.165) is 21.7 Å². The summed E-state index contributed by atoms with van der Waals surface area (Å²) in [7, 11) is 0. The molecular formula is C50H61ClN6O10S. The lowest BCUT2D eigenvalue weighted by Gasteiger charge is -2.63. The minimum atomic E-state index is -1.44. The molecule has 68 heavy (non-hydrogen) atoms. The van der Waals surface area contributed by atoms with Crippen LogP contribution >= 0.6 is 22.9 Å². The Bertz CT molecular complexity index is 2470. The van der Waals surface area contributed by atoms with Crippen molar-refractivity contribution in [3.8, 4) is 28.0 Å². The number of hydrogen-bond donors (Lipinski definition) is 6. The predicted octanol–water partition coefficient (Wildman–Crippen LogP) is 5.18. The number of aryl methyl sites for hydroxylation is 1. The van der Waals surface area contributed by atoms with Crippen LogP contribution in [0.4, 0.5) is 0 Å². The van der Waals surface area contributed by atoms with Crippen molar-refractivity contribution < 1.29 is 48.7 Å². The minimum absolute atomic E-state index is 0.0391. The Balaban J connectivity index is 0.930. The number of ether oxygens (including phenoxy) is 3. The van der Waals surface area contributed by atoms with Crippen molar-refractivity contribution in [2.75, 3.05) is 26.4 Å². The molecule has 1 saturated carbocycles. The quantitative estimate of drug-likeness (QED) is 0.0758. The van der Waals surface area contributed by atoms with Crippen molar-refractivity contribution in [3.05, 3.63) is 99.6 Å². The normalized spacial score (nSPS) is 20.8. The van der Waals surface area contributed by atoms with E-state index in [1.807, 2.05) is 65.0 Å². The van der Waals surface area contributed by atoms with E-state index in [4.69, 9.17) is 25.8 Å². The van der Waals surface area contributed by atoms with Crippen molar-refractivity contribution in [3.63, 3.8) is 0 Å². The van der Waals surface area contributed by atoms with Gasteiger partial charge in [-0.3, -0.25) is 19.2 Å². The Hall–Kier alpha value is -5.61. The lowest BCUT2D eigenvalue weighted by molar-refractivity contribution is -0.164. The summed E-state index contributed by atoms with van der Waals surface area (Å²) in [4.78, 5) is 60.6. The summed E-state index contributed by atoms with van der Waals surface area (Å²) in [6.07, 6.45) is -4.00. The summed E-state index contributed by atoms with van der Waals surface area (Å²) < 4.78 is 17.4. The number of β-amino-alcohol motifs (C(OH)–C–C–N with tert-alkyl or cyclic N) is 1. The topological polar surface area (TPSA) is 233 Å². The second kappa shape index (κ2) is 21.4. The number of nitrogens with one attached hydrogen (secondary N) is 3. The molecule has 1 aliphatic heterocycles. The van der Waals surface area contributed by atoms with E-state index >= 15 is 0 Å². The number of rotatable bonds is 18. The maximum atomic E-state index is 14.0. The third-order valence-electron chi connectivity index (χ3n) is 12.6. The SMILES string of the molecule is Cc1ncsc1-c1ccc(CNC(=O)[C@@H]2C[C@@H](O)CN2C(=O)[C@@H](NC(=O)COC[C@@H](O)C(O)COc2ccc(C(=O)NC3C(C)(C)C(Oc4ccc(C#N)c(Cl)c4)C3(C)C)cc2)C(C)(C)C)cc1. The van der Waals surface area contributed by atoms with Gasteiger partial charge in [-0.1, -0.05) is 84.3 Å². The number of nitriles is 1. The van der Waals surface area contributed by atoms with Crippen LogP contribution in [0.1, 0.15) is 82.1 Å². The number of nitrogens with zero attached hydrogens (tertiary/aromatic N) is 3. The fourth-order valence-corrected chi connectivity index (χ4v) is 10.2. The van der Waals surface area contributed by atoms with Gasteiger partial charge in [-0.05, 0) is 59.9 Å². The lowest BCUT2D eigenvalue weighted by atomic mass is 9.49. The van der Waals surface area contributed by atoms with Gasteiger partial charge in [-0.2, -0.15) is 5.26 Å². The molecule has 0 bridgehead atoms. The van der Waals surface area contributed by atoms with Gasteiger partial charge in [0.1, 0.15) is 61.2 Å². The van der Waals surface area contributed by atoms with Gasteiger partial charge in [0.15, 0.2) is 0 Å². The summed E-state index contributed by atoms with van der Waals surface area (Å²) in [5.41, 5.74) is 3.64. The minimum Gasteiger partial charge on any atom is -0.491 e. The number of likely N-dealkylation sites (tertiary alicyclic amines) is 1. The van der Waals surface area contributed by atoms with Gasteiger partial charge in [-0.15, -0.1) is 11.3 Å². The van der Waals surface area contributed by atoms with Crippen molar-refractivity contribution in [1.82, 2.24) is 25.8 Å². The first-order valence-corrected chi connectivity index (χ1v) is 23.7. The van der Waals surface area contributed by atoms with Gasteiger partial charge in [0.05, 0.1) is 39.4 Å². The number of thiazole rings is 1. The van der Waals surface area contributed by atoms with Gasteiger partial charge < -0.3 is 50.4 Å². The average Bonchev–Trinajstić information content (AvgIpc) is 3.91. The van der Waals surface area contributed by atoms with E-state index in [1.54, 1.807) is 80.1 Å². The zero-order valence-corrected chi connectivity index (χ0v) is 41.1. The zero-order chi connectivity index (χ0) is 49.7. The molecule has 364 valence electrons. The molecule has 0 radical (unpaired) electrons. The van der Waals surface area contributed by atoms with Crippen LogP contribution in [0.3, 0.4) is 0 Å². The molecule has 2 fully saturated rings. The number of carbonyl (C=O) groups is 4. The second-order valence-corrected chi connectivity index (χ2v) is 21.0. The van der Waals surface area contributed by atoms with Gasteiger partial charge in [0.2, 0.25) is 17.7 Å². The summed E-state index contributed by atoms with van der Waals surface area (Å²) >= 11 is 7.77. The largest absolute Gasteiger partial charge is 0.491 e. The molecule has 1 aliphatic carbocycles. The van der Waals surface area contributed by atoms with E-state index in [0.29, 0.717) is 27.6 Å². The van der Waals surface area contributed by atoms with Crippen LogP contribution in [0.15, 0.2) is 72.2 Å². The average molecular weight is 974 g/mol. The van der Waals surface area contributed by atoms with Crippen molar-refractivity contribution in [2.24, 2.45) is 16.2 Å². The molecule has 6 rings (SSSR count). The Kier molecular flexibility index (Phi) is 16.3. The maximum absolute atomic E-state index is 14.0. The number of benzene rings is 3. The van der Waals surface area contributed by atoms with E-state index < -0.39 is 77.6 Å². The molecule has 6 N–H and O–H groups in total. The van der Waals surface area contributed by atoms with Crippen molar-refractivity contribution in [2.45, 2.75) is 111 Å². The molecule has 4 amide bonds. The smallest absolute Gasteiger partial charge is 0.251 e. The molecular weight excluding hydrogens is 912 g/mol. The van der Waals surface area contributed by atoms with Gasteiger partial charge in [0, 0.05) is 48.0 Å². The molecule has 1 unspecified atom stereocenters. The maximum Gasteiger partial charge on any atom is 0.251 e. The number of aromatic nitrogens is 1. The summed E-state index contributed by atoms with van der Waals surface area (Å²) in [6.45, 7) is 14.1. The predicted molar refractivity (Wildman–Crippen MR) is 256 cm³/mol. The van der Waals surface area contributed by atoms with E-state index in [-0.39, 0.29) is 44.2 Å². The van der Waals surface area contributed by atoms with E-state index in [1.165, 1.54) is 4.90 Å². The van der Waals surface area contributed by atoms with Crippen LogP contribution in [-0.4, -0.2) is 118 Å². The first-order chi connectivity index (χ1) is 32.0. The number of amides is 4. The highest BCUT2D eigenvalue weighted by Crippen LogP contribution is 2.55. The Morgan fingerprint density at radius 3 is 2.22 bits per heavy atom. The van der Waals surface area contributed by atoms with Crippen LogP contribution in [-0.2, 0) is 25.7 Å². The molecule has 1 saturated heterocycles. The van der Waals surface area contributed by atoms with Gasteiger partial charge in [0.25, 0.3) is 5.91 Å². The number of carbonyl (C=O) groups excluding carboxylic acids is 4. The monoisotopic (exact) mass is 972 g/mol. The molecule has 0 spiro atoms. The van der Waals surface area contributed by atoms with Gasteiger partial charge in [-0.25, -0.2) is 4.98 Å². The first kappa shape index (κ1) is 51.8. The third-order valence-corrected chi connectivity index (χ3v) is 13.9. The molecule has 1 aromatic heterocycles. The molecule has 2 aliphatic rings. The molecule has 4 aromatic rings. The lowest BCUT2D eigenvalue weighted by Crippen LogP contribution is -2.74. The summed E-state index contributed by atoms with van der Waals surface area (Å²) in [6, 6.07) is 18.7. The number of hydrogen-bond acceptors (Lipinski definition) is 13. The van der Waals surface area contributed by atoms with E-state index in [2.05, 4.69) is 20.9 Å². The van der Waals surface area contributed by atoms with Crippen molar-refractivity contribution >= 4 is 46.6 Å². The third kappa shape index (κ3) is 12.0. The fraction of sp³-hybridized carbons (Fsp3) is 0.480. The van der Waals surface area contributed by atoms with Crippen LogP contribution in [0.5, 0.6) is 11.5 Å². The number of halogens is 1. The van der Waals surface area contributed by atoms with Crippen LogP contribution in [0, 0.1) is 34.5 Å².